The van der Waals surface area contributed by atoms with Gasteiger partial charge in [0.1, 0.15) is 0 Å². The summed E-state index contributed by atoms with van der Waals surface area (Å²) in [6.07, 6.45) is 1.73. The van der Waals surface area contributed by atoms with Crippen LogP contribution in [0.5, 0.6) is 0 Å². The summed E-state index contributed by atoms with van der Waals surface area (Å²) in [5.41, 5.74) is 4.14. The first-order valence-corrected chi connectivity index (χ1v) is 5.49. The van der Waals surface area contributed by atoms with Gasteiger partial charge < -0.3 is 4.74 Å². The van der Waals surface area contributed by atoms with E-state index < -0.39 is 0 Å². The Hall–Kier alpha value is -0.530. The van der Waals surface area contributed by atoms with Crippen LogP contribution in [0, 0.1) is 5.92 Å². The van der Waals surface area contributed by atoms with E-state index >= 15 is 0 Å². The average Bonchev–Trinajstić information content (AvgIpc) is 2.11. The van der Waals surface area contributed by atoms with Crippen LogP contribution >= 0.6 is 15.9 Å². The van der Waals surface area contributed by atoms with Crippen molar-refractivity contribution in [2.45, 2.75) is 33.6 Å². The third-order valence-corrected chi connectivity index (χ3v) is 2.49. The van der Waals surface area contributed by atoms with Crippen LogP contribution in [-0.4, -0.2) is 13.1 Å². The van der Waals surface area contributed by atoms with Crippen molar-refractivity contribution in [1.82, 2.24) is 0 Å². The molecule has 3 heteroatoms. The van der Waals surface area contributed by atoms with Gasteiger partial charge in [0.15, 0.2) is 0 Å². The van der Waals surface area contributed by atoms with Gasteiger partial charge in [-0.25, -0.2) is 0 Å². The highest BCUT2D eigenvalue weighted by Gasteiger charge is 2.20. The van der Waals surface area contributed by atoms with Crippen LogP contribution in [0.25, 0.3) is 0 Å². The first kappa shape index (κ1) is 13.5. The van der Waals surface area contributed by atoms with E-state index in [0.29, 0.717) is 0 Å². The molecule has 0 rings (SSSR count). The van der Waals surface area contributed by atoms with Gasteiger partial charge in [-0.2, -0.15) is 0 Å². The van der Waals surface area contributed by atoms with E-state index in [-0.39, 0.29) is 11.9 Å². The van der Waals surface area contributed by atoms with Crippen molar-refractivity contribution in [1.29, 1.82) is 0 Å². The Morgan fingerprint density at radius 1 is 1.50 bits per heavy atom. The molecule has 0 aromatic rings. The molecule has 0 heterocycles. The highest BCUT2D eigenvalue weighted by atomic mass is 79.9. The molecule has 0 aromatic carbocycles. The Kier molecular flexibility index (Phi) is 6.60. The zero-order valence-electron chi connectivity index (χ0n) is 9.19. The van der Waals surface area contributed by atoms with Gasteiger partial charge in [-0.3, -0.25) is 4.79 Å². The minimum atomic E-state index is -0.208. The number of hydrogen-bond acceptors (Lipinski definition) is 2. The lowest BCUT2D eigenvalue weighted by molar-refractivity contribution is -0.144. The van der Waals surface area contributed by atoms with Gasteiger partial charge in [0.25, 0.3) is 0 Å². The zero-order chi connectivity index (χ0) is 11.1. The van der Waals surface area contributed by atoms with E-state index in [0.717, 1.165) is 22.9 Å². The van der Waals surface area contributed by atoms with Gasteiger partial charge in [0.2, 0.25) is 0 Å². The number of methoxy groups -OCH3 is 1. The van der Waals surface area contributed by atoms with Crippen LogP contribution in [0.15, 0.2) is 15.8 Å². The SMILES string of the molecule is CCCC(C(=O)OC)C(Br)=C=C(C)C. The average molecular weight is 261 g/mol. The maximum absolute atomic E-state index is 11.4. The highest BCUT2D eigenvalue weighted by molar-refractivity contribution is 9.11. The molecule has 0 aliphatic rings. The second kappa shape index (κ2) is 6.86. The summed E-state index contributed by atoms with van der Waals surface area (Å²) in [6, 6.07) is 0. The molecule has 0 aromatic heterocycles. The molecule has 0 radical (unpaired) electrons. The van der Waals surface area contributed by atoms with Crippen molar-refractivity contribution in [3.63, 3.8) is 0 Å². The van der Waals surface area contributed by atoms with Crippen molar-refractivity contribution in [2.75, 3.05) is 7.11 Å². The summed E-state index contributed by atoms with van der Waals surface area (Å²) >= 11 is 3.37. The Morgan fingerprint density at radius 3 is 2.43 bits per heavy atom. The molecule has 0 fully saturated rings. The summed E-state index contributed by atoms with van der Waals surface area (Å²) in [7, 11) is 1.41. The summed E-state index contributed by atoms with van der Waals surface area (Å²) in [6.45, 7) is 5.93. The van der Waals surface area contributed by atoms with Gasteiger partial charge in [-0.05, 0) is 41.8 Å². The number of carbonyl (C=O) groups is 1. The largest absolute Gasteiger partial charge is 0.469 e. The van der Waals surface area contributed by atoms with Crippen LogP contribution in [0.1, 0.15) is 33.6 Å². The fraction of sp³-hybridized carbons (Fsp3) is 0.636. The van der Waals surface area contributed by atoms with Gasteiger partial charge in [0.05, 0.1) is 17.5 Å². The molecule has 0 N–H and O–H groups in total. The number of halogens is 1. The zero-order valence-corrected chi connectivity index (χ0v) is 10.8. The molecule has 14 heavy (non-hydrogen) atoms. The maximum Gasteiger partial charge on any atom is 0.314 e. The van der Waals surface area contributed by atoms with Crippen molar-refractivity contribution in [3.8, 4) is 0 Å². The minimum Gasteiger partial charge on any atom is -0.469 e. The fourth-order valence-electron chi connectivity index (χ4n) is 1.10. The molecule has 1 unspecified atom stereocenters. The molecule has 0 amide bonds. The summed E-state index contributed by atoms with van der Waals surface area (Å²) in [5, 5.41) is 0. The number of ether oxygens (including phenoxy) is 1. The number of carbonyl (C=O) groups excluding carboxylic acids is 1. The normalized spacial score (nSPS) is 11.5. The summed E-state index contributed by atoms with van der Waals surface area (Å²) in [4.78, 5) is 11.4. The second-order valence-corrected chi connectivity index (χ2v) is 4.19. The minimum absolute atomic E-state index is 0.201. The van der Waals surface area contributed by atoms with Crippen LogP contribution in [0.3, 0.4) is 0 Å². The Balaban J connectivity index is 4.83. The Bertz CT molecular complexity index is 258. The topological polar surface area (TPSA) is 26.3 Å². The smallest absolute Gasteiger partial charge is 0.314 e. The van der Waals surface area contributed by atoms with Gasteiger partial charge in [-0.15, -0.1) is 5.73 Å². The predicted octanol–water partition coefficient (Wildman–Crippen LogP) is 3.42. The molecule has 0 saturated carbocycles. The second-order valence-electron chi connectivity index (χ2n) is 3.34. The number of esters is 1. The lowest BCUT2D eigenvalue weighted by Crippen LogP contribution is -2.15. The molecular weight excluding hydrogens is 244 g/mol. The Morgan fingerprint density at radius 2 is 2.07 bits per heavy atom. The van der Waals surface area contributed by atoms with Gasteiger partial charge in [-0.1, -0.05) is 13.3 Å². The van der Waals surface area contributed by atoms with Crippen LogP contribution < -0.4 is 0 Å². The van der Waals surface area contributed by atoms with E-state index in [1.807, 2.05) is 20.8 Å². The lowest BCUT2D eigenvalue weighted by atomic mass is 10.0. The summed E-state index contributed by atoms with van der Waals surface area (Å²) < 4.78 is 5.51. The molecule has 2 nitrogen and oxygen atoms in total. The van der Waals surface area contributed by atoms with E-state index in [9.17, 15) is 4.79 Å². The first-order valence-electron chi connectivity index (χ1n) is 4.70. The molecule has 0 aliphatic heterocycles. The summed E-state index contributed by atoms with van der Waals surface area (Å²) in [5.74, 6) is -0.410. The molecule has 0 bridgehead atoms. The Labute approximate surface area is 94.2 Å². The van der Waals surface area contributed by atoms with Gasteiger partial charge >= 0.3 is 5.97 Å². The molecule has 0 aliphatic carbocycles. The van der Waals surface area contributed by atoms with E-state index in [2.05, 4.69) is 21.7 Å². The lowest BCUT2D eigenvalue weighted by Gasteiger charge is -2.11. The van der Waals surface area contributed by atoms with Crippen LogP contribution in [-0.2, 0) is 9.53 Å². The molecular formula is C11H17BrO2. The molecule has 80 valence electrons. The van der Waals surface area contributed by atoms with Gasteiger partial charge in [0, 0.05) is 0 Å². The van der Waals surface area contributed by atoms with E-state index in [4.69, 9.17) is 4.74 Å². The standard InChI is InChI=1S/C11H17BrO2/c1-5-6-9(11(13)14-4)10(12)7-8(2)3/h9H,5-6H2,1-4H3. The number of hydrogen-bond donors (Lipinski definition) is 0. The van der Waals surface area contributed by atoms with Crippen molar-refractivity contribution >= 4 is 21.9 Å². The van der Waals surface area contributed by atoms with Crippen LogP contribution in [0.2, 0.25) is 0 Å². The molecule has 0 saturated heterocycles. The fourth-order valence-corrected chi connectivity index (χ4v) is 1.92. The third kappa shape index (κ3) is 4.64. The first-order chi connectivity index (χ1) is 6.52. The van der Waals surface area contributed by atoms with Crippen molar-refractivity contribution in [3.05, 3.63) is 15.8 Å². The quantitative estimate of drug-likeness (QED) is 0.572. The maximum atomic E-state index is 11.4. The van der Waals surface area contributed by atoms with E-state index in [1.54, 1.807) is 0 Å². The highest BCUT2D eigenvalue weighted by Crippen LogP contribution is 2.23. The third-order valence-electron chi connectivity index (χ3n) is 1.74. The molecule has 0 spiro atoms. The predicted molar refractivity (Wildman–Crippen MR) is 61.2 cm³/mol. The monoisotopic (exact) mass is 260 g/mol. The van der Waals surface area contributed by atoms with Crippen molar-refractivity contribution < 1.29 is 9.53 Å². The number of rotatable bonds is 4. The van der Waals surface area contributed by atoms with Crippen molar-refractivity contribution in [2.24, 2.45) is 5.92 Å². The molecule has 1 atom stereocenters. The van der Waals surface area contributed by atoms with E-state index in [1.165, 1.54) is 7.11 Å². The van der Waals surface area contributed by atoms with Crippen LogP contribution in [0.4, 0.5) is 0 Å².